The van der Waals surface area contributed by atoms with Crippen molar-refractivity contribution in [2.24, 2.45) is 17.3 Å². The Kier molecular flexibility index (Phi) is 8.97. The Bertz CT molecular complexity index is 1000. The highest BCUT2D eigenvalue weighted by molar-refractivity contribution is 7.09. The molecule has 2 aliphatic heterocycles. The summed E-state index contributed by atoms with van der Waals surface area (Å²) in [4.78, 5) is 31.0. The van der Waals surface area contributed by atoms with Crippen molar-refractivity contribution in [1.29, 1.82) is 0 Å². The minimum absolute atomic E-state index is 0.124. The summed E-state index contributed by atoms with van der Waals surface area (Å²) < 4.78 is 12.0. The van der Waals surface area contributed by atoms with E-state index >= 15 is 0 Å². The van der Waals surface area contributed by atoms with Crippen LogP contribution in [0.25, 0.3) is 6.08 Å². The van der Waals surface area contributed by atoms with Crippen LogP contribution in [0.5, 0.6) is 0 Å². The van der Waals surface area contributed by atoms with Gasteiger partial charge in [0.25, 0.3) is 0 Å². The number of cyclic esters (lactones) is 1. The van der Waals surface area contributed by atoms with Crippen molar-refractivity contribution >= 4 is 29.2 Å². The van der Waals surface area contributed by atoms with Crippen LogP contribution in [0.3, 0.4) is 0 Å². The smallest absolute Gasteiger partial charge is 0.309 e. The molecule has 3 heterocycles. The van der Waals surface area contributed by atoms with Crippen LogP contribution < -0.4 is 0 Å². The minimum Gasteiger partial charge on any atom is -0.455 e. The topological polar surface area (TPSA) is 109 Å². The van der Waals surface area contributed by atoms with Gasteiger partial charge >= 0.3 is 5.97 Å². The summed E-state index contributed by atoms with van der Waals surface area (Å²) >= 11 is 1.55. The standard InChI is InChI=1S/C28H41NO6S/c1-8-10-20-23(32)16(2)11-9-12-28(7)26(35-28)24(17(3)13-19-15-36-18(4)29-19)34-22(31)14-21(30)27(5,6)25(20)33/h8,13,15-16,20-21,23-24,26,30,32H,1,9-12,14H2,2-7H3/b17-13+. The molecule has 7 nitrogen and oxygen atoms in total. The summed E-state index contributed by atoms with van der Waals surface area (Å²) in [6.45, 7) is 14.8. The predicted octanol–water partition coefficient (Wildman–Crippen LogP) is 4.64. The number of ether oxygens (including phenoxy) is 2. The normalized spacial score (nSPS) is 36.3. The first-order valence-corrected chi connectivity index (χ1v) is 13.7. The lowest BCUT2D eigenvalue weighted by Crippen LogP contribution is -2.46. The number of rotatable bonds is 4. The average molecular weight is 520 g/mol. The fourth-order valence-corrected chi connectivity index (χ4v) is 5.73. The molecule has 2 fully saturated rings. The molecule has 0 radical (unpaired) electrons. The second-order valence-electron chi connectivity index (χ2n) is 11.2. The van der Waals surface area contributed by atoms with Gasteiger partial charge in [-0.25, -0.2) is 4.98 Å². The molecule has 0 bridgehead atoms. The fourth-order valence-electron chi connectivity index (χ4n) is 5.16. The molecular weight excluding hydrogens is 478 g/mol. The third kappa shape index (κ3) is 6.33. The second kappa shape index (κ2) is 11.3. The lowest BCUT2D eigenvalue weighted by atomic mass is 9.71. The van der Waals surface area contributed by atoms with Crippen LogP contribution in [0.15, 0.2) is 23.6 Å². The molecular formula is C28H41NO6S. The van der Waals surface area contributed by atoms with E-state index in [0.29, 0.717) is 12.8 Å². The van der Waals surface area contributed by atoms with Gasteiger partial charge in [-0.2, -0.15) is 0 Å². The van der Waals surface area contributed by atoms with E-state index in [2.05, 4.69) is 11.6 Å². The van der Waals surface area contributed by atoms with Crippen molar-refractivity contribution in [2.45, 2.75) is 104 Å². The van der Waals surface area contributed by atoms with Gasteiger partial charge in [0.15, 0.2) is 6.10 Å². The Labute approximate surface area is 218 Å². The van der Waals surface area contributed by atoms with Crippen LogP contribution in [0.2, 0.25) is 0 Å². The SMILES string of the molecule is C=CCC1C(=O)C(C)(C)C(O)CC(=O)OC(/C(C)=C/c2csc(C)n2)C2OC2(C)CCCC(C)C1O. The maximum Gasteiger partial charge on any atom is 0.309 e. The minimum atomic E-state index is -1.27. The number of nitrogens with zero attached hydrogens (tertiary/aromatic N) is 1. The first-order chi connectivity index (χ1) is 16.8. The van der Waals surface area contributed by atoms with Crippen molar-refractivity contribution in [1.82, 2.24) is 4.98 Å². The molecule has 3 rings (SSSR count). The Morgan fingerprint density at radius 1 is 1.31 bits per heavy atom. The molecule has 1 aromatic heterocycles. The number of aliphatic hydroxyl groups is 2. The highest BCUT2D eigenvalue weighted by Gasteiger charge is 2.58. The quantitative estimate of drug-likeness (QED) is 0.339. The highest BCUT2D eigenvalue weighted by Crippen LogP contribution is 2.46. The molecule has 7 unspecified atom stereocenters. The molecule has 2 N–H and O–H groups in total. The number of esters is 1. The van der Waals surface area contributed by atoms with Gasteiger partial charge in [-0.15, -0.1) is 17.9 Å². The number of carbonyl (C=O) groups is 2. The number of epoxide rings is 1. The fraction of sp³-hybridized carbons (Fsp3) is 0.679. The van der Waals surface area contributed by atoms with Crippen LogP contribution in [0.4, 0.5) is 0 Å². The zero-order valence-electron chi connectivity index (χ0n) is 22.3. The zero-order valence-corrected chi connectivity index (χ0v) is 23.1. The van der Waals surface area contributed by atoms with Crippen molar-refractivity contribution in [3.63, 3.8) is 0 Å². The van der Waals surface area contributed by atoms with E-state index in [9.17, 15) is 19.8 Å². The van der Waals surface area contributed by atoms with Crippen molar-refractivity contribution in [3.8, 4) is 0 Å². The Morgan fingerprint density at radius 2 is 2.00 bits per heavy atom. The number of allylic oxidation sites excluding steroid dienone is 1. The molecule has 200 valence electrons. The molecule has 7 atom stereocenters. The van der Waals surface area contributed by atoms with E-state index in [4.69, 9.17) is 9.47 Å². The van der Waals surface area contributed by atoms with Crippen LogP contribution in [-0.2, 0) is 19.1 Å². The maximum atomic E-state index is 13.5. The van der Waals surface area contributed by atoms with E-state index in [1.54, 1.807) is 31.3 Å². The van der Waals surface area contributed by atoms with E-state index < -0.39 is 41.2 Å². The Morgan fingerprint density at radius 3 is 2.61 bits per heavy atom. The van der Waals surface area contributed by atoms with Crippen molar-refractivity contribution < 1.29 is 29.3 Å². The lowest BCUT2D eigenvalue weighted by molar-refractivity contribution is -0.155. The van der Waals surface area contributed by atoms with Gasteiger partial charge < -0.3 is 19.7 Å². The molecule has 2 aliphatic rings. The Balaban J connectivity index is 1.92. The number of aromatic nitrogens is 1. The number of ketones is 1. The highest BCUT2D eigenvalue weighted by atomic mass is 32.1. The van der Waals surface area contributed by atoms with Crippen molar-refractivity contribution in [2.75, 3.05) is 0 Å². The van der Waals surface area contributed by atoms with Gasteiger partial charge in [0.2, 0.25) is 0 Å². The van der Waals surface area contributed by atoms with Gasteiger partial charge in [0, 0.05) is 11.3 Å². The first-order valence-electron chi connectivity index (χ1n) is 12.8. The number of carbonyl (C=O) groups excluding carboxylic acids is 2. The molecule has 36 heavy (non-hydrogen) atoms. The van der Waals surface area contributed by atoms with E-state index in [-0.39, 0.29) is 24.2 Å². The molecule has 0 aromatic carbocycles. The molecule has 0 amide bonds. The summed E-state index contributed by atoms with van der Waals surface area (Å²) in [5, 5.41) is 25.0. The number of hydrogen-bond acceptors (Lipinski definition) is 8. The van der Waals surface area contributed by atoms with Crippen LogP contribution in [-0.4, -0.2) is 57.0 Å². The third-order valence-electron chi connectivity index (χ3n) is 7.85. The molecule has 0 spiro atoms. The van der Waals surface area contributed by atoms with Crippen LogP contribution in [0, 0.1) is 24.2 Å². The van der Waals surface area contributed by atoms with Crippen LogP contribution in [0.1, 0.15) is 77.4 Å². The van der Waals surface area contributed by atoms with Crippen molar-refractivity contribution in [3.05, 3.63) is 34.3 Å². The summed E-state index contributed by atoms with van der Waals surface area (Å²) in [5.74, 6) is -1.71. The first kappa shape index (κ1) is 28.7. The van der Waals surface area contributed by atoms with Gasteiger partial charge in [-0.1, -0.05) is 33.3 Å². The van der Waals surface area contributed by atoms with E-state index in [1.165, 1.54) is 0 Å². The van der Waals surface area contributed by atoms with E-state index in [0.717, 1.165) is 29.1 Å². The average Bonchev–Trinajstić information content (AvgIpc) is 3.29. The van der Waals surface area contributed by atoms with Crippen LogP contribution >= 0.6 is 11.3 Å². The summed E-state index contributed by atoms with van der Waals surface area (Å²) in [6, 6.07) is 0. The van der Waals surface area contributed by atoms with Gasteiger partial charge in [0.05, 0.1) is 40.3 Å². The third-order valence-corrected chi connectivity index (χ3v) is 8.64. The number of hydrogen-bond donors (Lipinski definition) is 2. The maximum absolute atomic E-state index is 13.5. The lowest BCUT2D eigenvalue weighted by Gasteiger charge is -2.35. The van der Waals surface area contributed by atoms with Gasteiger partial charge in [0.1, 0.15) is 11.9 Å². The number of fused-ring (bicyclic) bond motifs is 1. The monoisotopic (exact) mass is 519 g/mol. The molecule has 2 saturated heterocycles. The largest absolute Gasteiger partial charge is 0.455 e. The summed E-state index contributed by atoms with van der Waals surface area (Å²) in [5.41, 5.74) is -0.105. The van der Waals surface area contributed by atoms with Gasteiger partial charge in [-0.3, -0.25) is 9.59 Å². The number of aliphatic hydroxyl groups excluding tert-OH is 2. The second-order valence-corrected chi connectivity index (χ2v) is 12.3. The number of Topliss-reactive ketones (excluding diaryl/α,β-unsaturated/α-hetero) is 1. The predicted molar refractivity (Wildman–Crippen MR) is 140 cm³/mol. The van der Waals surface area contributed by atoms with Gasteiger partial charge in [-0.05, 0) is 57.6 Å². The zero-order chi connectivity index (χ0) is 26.8. The Hall–Kier alpha value is -1.87. The summed E-state index contributed by atoms with van der Waals surface area (Å²) in [7, 11) is 0. The molecule has 0 saturated carbocycles. The molecule has 0 aliphatic carbocycles. The van der Waals surface area contributed by atoms with E-state index in [1.807, 2.05) is 39.2 Å². The number of thiazole rings is 1. The molecule has 8 heteroatoms. The summed E-state index contributed by atoms with van der Waals surface area (Å²) in [6.07, 6.45) is 2.65. The number of aryl methyl sites for hydroxylation is 1. The molecule has 1 aromatic rings.